The van der Waals surface area contributed by atoms with E-state index in [0.717, 1.165) is 11.6 Å². The van der Waals surface area contributed by atoms with Crippen LogP contribution in [0.15, 0.2) is 36.4 Å². The largest absolute Gasteiger partial charge is 0.306 e. The van der Waals surface area contributed by atoms with Crippen molar-refractivity contribution in [2.45, 2.75) is 40.3 Å². The molecule has 1 nitrogen and oxygen atoms in total. The van der Waals surface area contributed by atoms with Gasteiger partial charge in [0.2, 0.25) is 0 Å². The Kier molecular flexibility index (Phi) is 4.85. The first kappa shape index (κ1) is 15.1. The van der Waals surface area contributed by atoms with Crippen LogP contribution in [-0.4, -0.2) is 0 Å². The molecular formula is C18H22ClN. The first-order valence-electron chi connectivity index (χ1n) is 7.03. The number of hydrogen-bond acceptors (Lipinski definition) is 1. The second kappa shape index (κ2) is 6.43. The summed E-state index contributed by atoms with van der Waals surface area (Å²) in [5, 5.41) is 4.38. The summed E-state index contributed by atoms with van der Waals surface area (Å²) in [7, 11) is 0. The van der Waals surface area contributed by atoms with Gasteiger partial charge < -0.3 is 5.32 Å². The highest BCUT2D eigenvalue weighted by atomic mass is 35.5. The molecule has 2 aromatic rings. The van der Waals surface area contributed by atoms with Crippen LogP contribution in [0.4, 0.5) is 0 Å². The third-order valence-electron chi connectivity index (χ3n) is 3.77. The fourth-order valence-corrected chi connectivity index (χ4v) is 2.84. The van der Waals surface area contributed by atoms with E-state index in [4.69, 9.17) is 11.6 Å². The zero-order valence-corrected chi connectivity index (χ0v) is 13.4. The molecule has 0 spiro atoms. The van der Waals surface area contributed by atoms with Gasteiger partial charge in [0.15, 0.2) is 0 Å². The molecule has 20 heavy (non-hydrogen) atoms. The van der Waals surface area contributed by atoms with Gasteiger partial charge >= 0.3 is 0 Å². The third kappa shape index (κ3) is 3.62. The minimum atomic E-state index is 0.286. The molecule has 2 heteroatoms. The molecule has 0 aliphatic carbocycles. The Morgan fingerprint density at radius 1 is 1.05 bits per heavy atom. The van der Waals surface area contributed by atoms with Crippen LogP contribution in [0.25, 0.3) is 0 Å². The molecular weight excluding hydrogens is 266 g/mol. The van der Waals surface area contributed by atoms with Gasteiger partial charge in [-0.2, -0.15) is 0 Å². The maximum absolute atomic E-state index is 6.05. The molecule has 0 fully saturated rings. The minimum Gasteiger partial charge on any atom is -0.306 e. The molecule has 0 saturated carbocycles. The zero-order chi connectivity index (χ0) is 14.7. The predicted molar refractivity (Wildman–Crippen MR) is 87.4 cm³/mol. The molecule has 0 amide bonds. The van der Waals surface area contributed by atoms with Crippen molar-refractivity contribution >= 4 is 11.6 Å². The number of hydrogen-bond donors (Lipinski definition) is 1. The van der Waals surface area contributed by atoms with Crippen LogP contribution in [0.1, 0.15) is 40.8 Å². The summed E-state index contributed by atoms with van der Waals surface area (Å²) in [6, 6.07) is 12.8. The quantitative estimate of drug-likeness (QED) is 0.823. The van der Waals surface area contributed by atoms with Crippen molar-refractivity contribution in [1.29, 1.82) is 0 Å². The molecule has 2 aromatic carbocycles. The van der Waals surface area contributed by atoms with Crippen molar-refractivity contribution < 1.29 is 0 Å². The molecule has 0 unspecified atom stereocenters. The molecule has 106 valence electrons. The van der Waals surface area contributed by atoms with Gasteiger partial charge in [0, 0.05) is 17.6 Å². The highest BCUT2D eigenvalue weighted by Crippen LogP contribution is 2.20. The number of nitrogens with one attached hydrogen (secondary N) is 1. The fourth-order valence-electron chi connectivity index (χ4n) is 2.64. The lowest BCUT2D eigenvalue weighted by molar-refractivity contribution is 0.572. The monoisotopic (exact) mass is 287 g/mol. The van der Waals surface area contributed by atoms with Crippen LogP contribution in [-0.2, 0) is 6.54 Å². The van der Waals surface area contributed by atoms with Crippen molar-refractivity contribution in [2.24, 2.45) is 0 Å². The van der Waals surface area contributed by atoms with Gasteiger partial charge in [0.1, 0.15) is 0 Å². The average Bonchev–Trinajstić information content (AvgIpc) is 2.37. The molecule has 0 bridgehead atoms. The van der Waals surface area contributed by atoms with Gasteiger partial charge in [0.05, 0.1) is 0 Å². The number of halogens is 1. The molecule has 0 radical (unpaired) electrons. The summed E-state index contributed by atoms with van der Waals surface area (Å²) in [6.07, 6.45) is 0. The van der Waals surface area contributed by atoms with Crippen molar-refractivity contribution in [3.8, 4) is 0 Å². The van der Waals surface area contributed by atoms with Gasteiger partial charge in [-0.3, -0.25) is 0 Å². The van der Waals surface area contributed by atoms with E-state index >= 15 is 0 Å². The van der Waals surface area contributed by atoms with Crippen LogP contribution in [0.3, 0.4) is 0 Å². The first-order chi connectivity index (χ1) is 9.47. The van der Waals surface area contributed by atoms with E-state index < -0.39 is 0 Å². The highest BCUT2D eigenvalue weighted by molar-refractivity contribution is 6.30. The summed E-state index contributed by atoms with van der Waals surface area (Å²) < 4.78 is 0. The van der Waals surface area contributed by atoms with Crippen molar-refractivity contribution in [1.82, 2.24) is 5.32 Å². The molecule has 0 heterocycles. The van der Waals surface area contributed by atoms with Crippen molar-refractivity contribution in [3.05, 3.63) is 69.2 Å². The van der Waals surface area contributed by atoms with Gasteiger partial charge in [-0.05, 0) is 62.1 Å². The van der Waals surface area contributed by atoms with E-state index in [9.17, 15) is 0 Å². The first-order valence-corrected chi connectivity index (χ1v) is 7.40. The van der Waals surface area contributed by atoms with Crippen molar-refractivity contribution in [3.63, 3.8) is 0 Å². The Labute approximate surface area is 127 Å². The molecule has 0 aromatic heterocycles. The Morgan fingerprint density at radius 2 is 1.70 bits per heavy atom. The summed E-state index contributed by atoms with van der Waals surface area (Å²) >= 11 is 6.05. The van der Waals surface area contributed by atoms with E-state index in [1.54, 1.807) is 0 Å². The number of benzene rings is 2. The lowest BCUT2D eigenvalue weighted by atomic mass is 9.99. The van der Waals surface area contributed by atoms with Crippen LogP contribution in [0, 0.1) is 20.8 Å². The van der Waals surface area contributed by atoms with E-state index in [-0.39, 0.29) is 6.04 Å². The summed E-state index contributed by atoms with van der Waals surface area (Å²) in [6.45, 7) is 9.56. The molecule has 0 saturated heterocycles. The summed E-state index contributed by atoms with van der Waals surface area (Å²) in [5.41, 5.74) is 6.65. The lowest BCUT2D eigenvalue weighted by Gasteiger charge is -2.17. The molecule has 0 aliphatic heterocycles. The van der Waals surface area contributed by atoms with Crippen LogP contribution >= 0.6 is 11.6 Å². The Hall–Kier alpha value is -1.31. The maximum Gasteiger partial charge on any atom is 0.0409 e. The Bertz CT molecular complexity index is 581. The Morgan fingerprint density at radius 3 is 2.30 bits per heavy atom. The lowest BCUT2D eigenvalue weighted by Crippen LogP contribution is -2.19. The highest BCUT2D eigenvalue weighted by Gasteiger charge is 2.08. The van der Waals surface area contributed by atoms with E-state index in [2.05, 4.69) is 51.2 Å². The predicted octanol–water partition coefficient (Wildman–Crippen LogP) is 5.12. The smallest absolute Gasteiger partial charge is 0.0409 e. The molecule has 2 rings (SSSR count). The topological polar surface area (TPSA) is 12.0 Å². The van der Waals surface area contributed by atoms with Crippen LogP contribution in [0.2, 0.25) is 5.02 Å². The number of aryl methyl sites for hydroxylation is 3. The van der Waals surface area contributed by atoms with E-state index in [0.29, 0.717) is 0 Å². The van der Waals surface area contributed by atoms with Gasteiger partial charge in [0.25, 0.3) is 0 Å². The van der Waals surface area contributed by atoms with Crippen LogP contribution in [0.5, 0.6) is 0 Å². The molecule has 1 N–H and O–H groups in total. The maximum atomic E-state index is 6.05. The Balaban J connectivity index is 2.09. The fraction of sp³-hybridized carbons (Fsp3) is 0.333. The van der Waals surface area contributed by atoms with E-state index in [1.807, 2.05) is 18.2 Å². The minimum absolute atomic E-state index is 0.286. The molecule has 1 atom stereocenters. The SMILES string of the molecule is Cc1cc(C)c(CN[C@@H](C)c2cccc(Cl)c2)c(C)c1. The standard InChI is InChI=1S/C18H22ClN/c1-12-8-13(2)18(14(3)9-12)11-20-15(4)16-6-5-7-17(19)10-16/h5-10,15,20H,11H2,1-4H3/t15-/m0/s1. The van der Waals surface area contributed by atoms with Gasteiger partial charge in [-0.15, -0.1) is 0 Å². The molecule has 0 aliphatic rings. The summed E-state index contributed by atoms with van der Waals surface area (Å²) in [5.74, 6) is 0. The van der Waals surface area contributed by atoms with Crippen LogP contribution < -0.4 is 5.32 Å². The number of rotatable bonds is 4. The van der Waals surface area contributed by atoms with Gasteiger partial charge in [-0.1, -0.05) is 41.4 Å². The summed E-state index contributed by atoms with van der Waals surface area (Å²) in [4.78, 5) is 0. The average molecular weight is 288 g/mol. The van der Waals surface area contributed by atoms with Crippen molar-refractivity contribution in [2.75, 3.05) is 0 Å². The van der Waals surface area contributed by atoms with Gasteiger partial charge in [-0.25, -0.2) is 0 Å². The van der Waals surface area contributed by atoms with E-state index in [1.165, 1.54) is 27.8 Å². The normalized spacial score (nSPS) is 12.4. The second-order valence-corrected chi connectivity index (χ2v) is 5.97. The third-order valence-corrected chi connectivity index (χ3v) is 4.01. The zero-order valence-electron chi connectivity index (χ0n) is 12.6. The second-order valence-electron chi connectivity index (χ2n) is 5.53.